The van der Waals surface area contributed by atoms with Crippen LogP contribution < -0.4 is 4.74 Å². The maximum atomic E-state index is 8.85. The van der Waals surface area contributed by atoms with Gasteiger partial charge in [-0.2, -0.15) is 5.06 Å². The first-order chi connectivity index (χ1) is 5.72. The van der Waals surface area contributed by atoms with E-state index in [9.17, 15) is 0 Å². The van der Waals surface area contributed by atoms with Crippen LogP contribution in [0.25, 0.3) is 0 Å². The Bertz CT molecular complexity index is 235. The van der Waals surface area contributed by atoms with Crippen LogP contribution >= 0.6 is 0 Å². The van der Waals surface area contributed by atoms with E-state index in [4.69, 9.17) is 9.94 Å². The molecule has 1 heterocycles. The number of aromatic nitrogens is 2. The number of nitrogens with zero attached hydrogens (tertiary/aromatic N) is 3. The summed E-state index contributed by atoms with van der Waals surface area (Å²) in [6.07, 6.45) is 3.12. The summed E-state index contributed by atoms with van der Waals surface area (Å²) in [6.45, 7) is 0.310. The predicted molar refractivity (Wildman–Crippen MR) is 41.8 cm³/mol. The lowest BCUT2D eigenvalue weighted by molar-refractivity contribution is -0.0750. The van der Waals surface area contributed by atoms with Crippen molar-refractivity contribution in [1.29, 1.82) is 0 Å². The number of hydroxylamine groups is 2. The molecule has 5 nitrogen and oxygen atoms in total. The molecule has 0 aliphatic heterocycles. The first kappa shape index (κ1) is 8.89. The zero-order chi connectivity index (χ0) is 8.97. The molecule has 0 aliphatic carbocycles. The number of rotatable bonds is 3. The molecule has 5 heteroatoms. The van der Waals surface area contributed by atoms with Crippen LogP contribution in [0.3, 0.4) is 0 Å². The van der Waals surface area contributed by atoms with Crippen molar-refractivity contribution in [3.05, 3.63) is 18.2 Å². The van der Waals surface area contributed by atoms with Gasteiger partial charge in [-0.05, 0) is 0 Å². The van der Waals surface area contributed by atoms with E-state index in [-0.39, 0.29) is 0 Å². The fourth-order valence-corrected chi connectivity index (χ4v) is 0.735. The molecule has 0 bridgehead atoms. The Labute approximate surface area is 70.6 Å². The monoisotopic (exact) mass is 169 g/mol. The van der Waals surface area contributed by atoms with Crippen LogP contribution in [0, 0.1) is 0 Å². The standard InChI is InChI=1S/C7H11N3O2/c1-10(11)5-7-8-3-6(12-2)4-9-7/h3-4,11H,5H2,1-2H3. The van der Waals surface area contributed by atoms with Crippen LogP contribution in [0.2, 0.25) is 0 Å². The van der Waals surface area contributed by atoms with Gasteiger partial charge in [-0.3, -0.25) is 0 Å². The molecule has 0 atom stereocenters. The van der Waals surface area contributed by atoms with Crippen LogP contribution in [0.15, 0.2) is 12.4 Å². The molecule has 0 fully saturated rings. The minimum absolute atomic E-state index is 0.310. The Morgan fingerprint density at radius 2 is 2.08 bits per heavy atom. The summed E-state index contributed by atoms with van der Waals surface area (Å²) in [6, 6.07) is 0. The van der Waals surface area contributed by atoms with E-state index in [0.717, 1.165) is 5.06 Å². The lowest BCUT2D eigenvalue weighted by Gasteiger charge is -2.05. The lowest BCUT2D eigenvalue weighted by atomic mass is 10.5. The SMILES string of the molecule is COc1cnc(CN(C)O)nc1. The second-order valence-electron chi connectivity index (χ2n) is 2.35. The van der Waals surface area contributed by atoms with Crippen molar-refractivity contribution in [3.8, 4) is 5.75 Å². The zero-order valence-electron chi connectivity index (χ0n) is 7.06. The molecule has 0 saturated carbocycles. The number of methoxy groups -OCH3 is 1. The summed E-state index contributed by atoms with van der Waals surface area (Å²) in [7, 11) is 3.09. The quantitative estimate of drug-likeness (QED) is 0.660. The highest BCUT2D eigenvalue weighted by Crippen LogP contribution is 2.04. The lowest BCUT2D eigenvalue weighted by Crippen LogP contribution is -2.13. The third-order valence-electron chi connectivity index (χ3n) is 1.29. The third-order valence-corrected chi connectivity index (χ3v) is 1.29. The molecular weight excluding hydrogens is 158 g/mol. The topological polar surface area (TPSA) is 58.5 Å². The molecule has 66 valence electrons. The van der Waals surface area contributed by atoms with Gasteiger partial charge in [-0.25, -0.2) is 9.97 Å². The van der Waals surface area contributed by atoms with Crippen LogP contribution in [0.1, 0.15) is 5.82 Å². The van der Waals surface area contributed by atoms with E-state index in [1.54, 1.807) is 19.5 Å². The summed E-state index contributed by atoms with van der Waals surface area (Å²) >= 11 is 0. The summed E-state index contributed by atoms with van der Waals surface area (Å²) < 4.78 is 4.87. The molecule has 1 aromatic rings. The van der Waals surface area contributed by atoms with Gasteiger partial charge in [0.2, 0.25) is 0 Å². The molecular formula is C7H11N3O2. The number of hydrogen-bond acceptors (Lipinski definition) is 5. The normalized spacial score (nSPS) is 10.3. The Morgan fingerprint density at radius 3 is 2.50 bits per heavy atom. The molecule has 0 unspecified atom stereocenters. The van der Waals surface area contributed by atoms with Crippen molar-refractivity contribution in [2.45, 2.75) is 6.54 Å². The van der Waals surface area contributed by atoms with Gasteiger partial charge in [0.15, 0.2) is 5.75 Å². The fourth-order valence-electron chi connectivity index (χ4n) is 0.735. The van der Waals surface area contributed by atoms with Crippen molar-refractivity contribution in [2.24, 2.45) is 0 Å². The van der Waals surface area contributed by atoms with E-state index >= 15 is 0 Å². The van der Waals surface area contributed by atoms with Crippen LogP contribution in [0.4, 0.5) is 0 Å². The van der Waals surface area contributed by atoms with Crippen LogP contribution in [-0.4, -0.2) is 34.4 Å². The van der Waals surface area contributed by atoms with Gasteiger partial charge in [0, 0.05) is 7.05 Å². The van der Waals surface area contributed by atoms with Gasteiger partial charge in [-0.1, -0.05) is 0 Å². The van der Waals surface area contributed by atoms with Crippen LogP contribution in [0.5, 0.6) is 5.75 Å². The summed E-state index contributed by atoms with van der Waals surface area (Å²) in [4.78, 5) is 7.90. The largest absolute Gasteiger partial charge is 0.494 e. The zero-order valence-corrected chi connectivity index (χ0v) is 7.06. The highest BCUT2D eigenvalue weighted by atomic mass is 16.5. The summed E-state index contributed by atoms with van der Waals surface area (Å²) in [5, 5.41) is 9.87. The van der Waals surface area contributed by atoms with E-state index in [1.165, 1.54) is 7.05 Å². The molecule has 0 aliphatic rings. The van der Waals surface area contributed by atoms with E-state index in [2.05, 4.69) is 9.97 Å². The first-order valence-corrected chi connectivity index (χ1v) is 3.47. The van der Waals surface area contributed by atoms with Gasteiger partial charge in [0.05, 0.1) is 26.0 Å². The molecule has 1 rings (SSSR count). The molecule has 1 aromatic heterocycles. The van der Waals surface area contributed by atoms with Crippen LogP contribution in [-0.2, 0) is 6.54 Å². The minimum Gasteiger partial charge on any atom is -0.494 e. The van der Waals surface area contributed by atoms with Gasteiger partial charge >= 0.3 is 0 Å². The second kappa shape index (κ2) is 3.99. The third kappa shape index (κ3) is 2.44. The Hall–Kier alpha value is -1.20. The van der Waals surface area contributed by atoms with E-state index < -0.39 is 0 Å². The molecule has 0 amide bonds. The van der Waals surface area contributed by atoms with Crippen molar-refractivity contribution in [1.82, 2.24) is 15.0 Å². The fraction of sp³-hybridized carbons (Fsp3) is 0.429. The van der Waals surface area contributed by atoms with Crippen molar-refractivity contribution in [3.63, 3.8) is 0 Å². The summed E-state index contributed by atoms with van der Waals surface area (Å²) in [5.74, 6) is 1.17. The predicted octanol–water partition coefficient (Wildman–Crippen LogP) is 0.306. The maximum absolute atomic E-state index is 8.85. The van der Waals surface area contributed by atoms with Gasteiger partial charge < -0.3 is 9.94 Å². The second-order valence-corrected chi connectivity index (χ2v) is 2.35. The highest BCUT2D eigenvalue weighted by molar-refractivity contribution is 5.11. The molecule has 0 radical (unpaired) electrons. The molecule has 0 spiro atoms. The van der Waals surface area contributed by atoms with Gasteiger partial charge in [0.1, 0.15) is 5.82 Å². The Morgan fingerprint density at radius 1 is 1.50 bits per heavy atom. The van der Waals surface area contributed by atoms with Crippen molar-refractivity contribution >= 4 is 0 Å². The molecule has 12 heavy (non-hydrogen) atoms. The average Bonchev–Trinajstić information content (AvgIpc) is 2.05. The molecule has 0 saturated heterocycles. The number of ether oxygens (including phenoxy) is 1. The van der Waals surface area contributed by atoms with Crippen molar-refractivity contribution < 1.29 is 9.94 Å². The minimum atomic E-state index is 0.310. The first-order valence-electron chi connectivity index (χ1n) is 3.47. The summed E-state index contributed by atoms with van der Waals surface area (Å²) in [5.41, 5.74) is 0. The number of hydrogen-bond donors (Lipinski definition) is 1. The average molecular weight is 169 g/mol. The molecule has 1 N–H and O–H groups in total. The smallest absolute Gasteiger partial charge is 0.155 e. The molecule has 0 aromatic carbocycles. The highest BCUT2D eigenvalue weighted by Gasteiger charge is 1.99. The Kier molecular flexibility index (Phi) is 2.95. The van der Waals surface area contributed by atoms with Gasteiger partial charge in [-0.15, -0.1) is 0 Å². The maximum Gasteiger partial charge on any atom is 0.155 e. The van der Waals surface area contributed by atoms with Crippen molar-refractivity contribution in [2.75, 3.05) is 14.2 Å². The van der Waals surface area contributed by atoms with E-state index in [0.29, 0.717) is 18.1 Å². The Balaban J connectivity index is 2.65. The van der Waals surface area contributed by atoms with Gasteiger partial charge in [0.25, 0.3) is 0 Å². The van der Waals surface area contributed by atoms with E-state index in [1.807, 2.05) is 0 Å².